The minimum absolute atomic E-state index is 0.0433. The first-order valence-electron chi connectivity index (χ1n) is 6.29. The van der Waals surface area contributed by atoms with Gasteiger partial charge in [0.1, 0.15) is 0 Å². The Morgan fingerprint density at radius 3 is 2.56 bits per heavy atom. The molecule has 0 aromatic heterocycles. The molecule has 2 N–H and O–H groups in total. The summed E-state index contributed by atoms with van der Waals surface area (Å²) in [5.74, 6) is 0.0433. The Morgan fingerprint density at radius 1 is 1.33 bits per heavy atom. The fourth-order valence-electron chi connectivity index (χ4n) is 2.40. The van der Waals surface area contributed by atoms with Gasteiger partial charge in [0.2, 0.25) is 0 Å². The van der Waals surface area contributed by atoms with Crippen LogP contribution < -0.4 is 5.73 Å². The zero-order chi connectivity index (χ0) is 13.3. The van der Waals surface area contributed by atoms with Crippen molar-refractivity contribution in [3.8, 4) is 0 Å². The predicted molar refractivity (Wildman–Crippen MR) is 71.5 cm³/mol. The molecule has 1 aromatic rings. The van der Waals surface area contributed by atoms with Gasteiger partial charge in [0.25, 0.3) is 5.91 Å². The van der Waals surface area contributed by atoms with Crippen molar-refractivity contribution in [1.82, 2.24) is 4.90 Å². The number of nitrogen functional groups attached to an aromatic ring is 1. The SMILES string of the molecule is Cc1c(N)cccc1C(=O)N1C[C@@H](C)O[C@@H](C)C1. The fourth-order valence-corrected chi connectivity index (χ4v) is 2.40. The number of carbonyl (C=O) groups is 1. The minimum Gasteiger partial charge on any atom is -0.398 e. The number of amides is 1. The van der Waals surface area contributed by atoms with Crippen molar-refractivity contribution in [2.24, 2.45) is 0 Å². The largest absolute Gasteiger partial charge is 0.398 e. The number of benzene rings is 1. The van der Waals surface area contributed by atoms with Gasteiger partial charge in [-0.1, -0.05) is 6.07 Å². The monoisotopic (exact) mass is 248 g/mol. The van der Waals surface area contributed by atoms with E-state index in [2.05, 4.69) is 0 Å². The van der Waals surface area contributed by atoms with Gasteiger partial charge in [0.05, 0.1) is 12.2 Å². The maximum Gasteiger partial charge on any atom is 0.254 e. The van der Waals surface area contributed by atoms with Crippen LogP contribution in [0.3, 0.4) is 0 Å². The molecule has 1 aliphatic rings. The average Bonchev–Trinajstić information content (AvgIpc) is 2.30. The summed E-state index contributed by atoms with van der Waals surface area (Å²) in [6.07, 6.45) is 0.165. The summed E-state index contributed by atoms with van der Waals surface area (Å²) in [7, 11) is 0. The van der Waals surface area contributed by atoms with Crippen LogP contribution in [-0.4, -0.2) is 36.1 Å². The molecule has 4 nitrogen and oxygen atoms in total. The second-order valence-electron chi connectivity index (χ2n) is 4.99. The highest BCUT2D eigenvalue weighted by atomic mass is 16.5. The standard InChI is InChI=1S/C14H20N2O2/c1-9-7-16(8-10(2)18-9)14(17)12-5-4-6-13(15)11(12)3/h4-6,9-10H,7-8,15H2,1-3H3/t9-,10+. The molecule has 1 saturated heterocycles. The summed E-state index contributed by atoms with van der Waals surface area (Å²) >= 11 is 0. The quantitative estimate of drug-likeness (QED) is 0.771. The second kappa shape index (κ2) is 4.98. The Hall–Kier alpha value is -1.55. The van der Waals surface area contributed by atoms with Crippen LogP contribution in [0.4, 0.5) is 5.69 Å². The van der Waals surface area contributed by atoms with E-state index in [0.717, 1.165) is 5.56 Å². The molecule has 2 rings (SSSR count). The Balaban J connectivity index is 2.23. The van der Waals surface area contributed by atoms with Crippen molar-refractivity contribution < 1.29 is 9.53 Å². The van der Waals surface area contributed by atoms with Crippen LogP contribution in [0.5, 0.6) is 0 Å². The smallest absolute Gasteiger partial charge is 0.254 e. The summed E-state index contributed by atoms with van der Waals surface area (Å²) in [4.78, 5) is 14.3. The highest BCUT2D eigenvalue weighted by Crippen LogP contribution is 2.20. The molecule has 0 radical (unpaired) electrons. The van der Waals surface area contributed by atoms with Crippen LogP contribution in [0, 0.1) is 6.92 Å². The normalized spacial score (nSPS) is 24.1. The second-order valence-corrected chi connectivity index (χ2v) is 4.99. The average molecular weight is 248 g/mol. The highest BCUT2D eigenvalue weighted by molar-refractivity contribution is 5.97. The lowest BCUT2D eigenvalue weighted by molar-refractivity contribution is -0.0586. The van der Waals surface area contributed by atoms with E-state index < -0.39 is 0 Å². The Labute approximate surface area is 108 Å². The molecular weight excluding hydrogens is 228 g/mol. The molecule has 0 aliphatic carbocycles. The lowest BCUT2D eigenvalue weighted by atomic mass is 10.0. The lowest BCUT2D eigenvalue weighted by Crippen LogP contribution is -2.48. The zero-order valence-electron chi connectivity index (χ0n) is 11.1. The van der Waals surface area contributed by atoms with E-state index in [1.54, 1.807) is 0 Å². The van der Waals surface area contributed by atoms with E-state index in [-0.39, 0.29) is 18.1 Å². The number of carbonyl (C=O) groups excluding carboxylic acids is 1. The van der Waals surface area contributed by atoms with Gasteiger partial charge in [-0.3, -0.25) is 4.79 Å². The number of rotatable bonds is 1. The van der Waals surface area contributed by atoms with Crippen molar-refractivity contribution in [2.45, 2.75) is 33.0 Å². The fraction of sp³-hybridized carbons (Fsp3) is 0.500. The van der Waals surface area contributed by atoms with E-state index in [1.165, 1.54) is 0 Å². The number of hydrogen-bond acceptors (Lipinski definition) is 3. The van der Waals surface area contributed by atoms with Gasteiger partial charge in [-0.25, -0.2) is 0 Å². The van der Waals surface area contributed by atoms with E-state index in [1.807, 2.05) is 43.9 Å². The first kappa shape index (κ1) is 12.9. The van der Waals surface area contributed by atoms with Crippen molar-refractivity contribution in [3.63, 3.8) is 0 Å². The minimum atomic E-state index is 0.0433. The van der Waals surface area contributed by atoms with Gasteiger partial charge >= 0.3 is 0 Å². The van der Waals surface area contributed by atoms with Crippen LogP contribution in [-0.2, 0) is 4.74 Å². The van der Waals surface area contributed by atoms with E-state index in [0.29, 0.717) is 24.3 Å². The molecule has 4 heteroatoms. The summed E-state index contributed by atoms with van der Waals surface area (Å²) in [6.45, 7) is 7.13. The topological polar surface area (TPSA) is 55.6 Å². The molecule has 0 bridgehead atoms. The number of morpholine rings is 1. The molecule has 0 spiro atoms. The van der Waals surface area contributed by atoms with E-state index in [9.17, 15) is 4.79 Å². The van der Waals surface area contributed by atoms with Crippen LogP contribution >= 0.6 is 0 Å². The lowest BCUT2D eigenvalue weighted by Gasteiger charge is -2.35. The maximum atomic E-state index is 12.5. The van der Waals surface area contributed by atoms with Gasteiger partial charge in [-0.2, -0.15) is 0 Å². The molecule has 0 saturated carbocycles. The van der Waals surface area contributed by atoms with Gasteiger partial charge in [0, 0.05) is 24.3 Å². The summed E-state index contributed by atoms with van der Waals surface area (Å²) in [5, 5.41) is 0. The van der Waals surface area contributed by atoms with Gasteiger partial charge in [-0.05, 0) is 38.5 Å². The first-order chi connectivity index (χ1) is 8.49. The third kappa shape index (κ3) is 2.48. The molecule has 98 valence electrons. The van der Waals surface area contributed by atoms with Crippen LogP contribution in [0.1, 0.15) is 29.8 Å². The Morgan fingerprint density at radius 2 is 1.94 bits per heavy atom. The summed E-state index contributed by atoms with van der Waals surface area (Å²) in [6, 6.07) is 5.47. The van der Waals surface area contributed by atoms with Crippen LogP contribution in [0.25, 0.3) is 0 Å². The van der Waals surface area contributed by atoms with Crippen molar-refractivity contribution in [2.75, 3.05) is 18.8 Å². The van der Waals surface area contributed by atoms with Crippen LogP contribution in [0.2, 0.25) is 0 Å². The number of hydrogen-bond donors (Lipinski definition) is 1. The molecule has 18 heavy (non-hydrogen) atoms. The number of nitrogens with zero attached hydrogens (tertiary/aromatic N) is 1. The predicted octanol–water partition coefficient (Wildman–Crippen LogP) is 1.83. The van der Waals surface area contributed by atoms with E-state index in [4.69, 9.17) is 10.5 Å². The zero-order valence-corrected chi connectivity index (χ0v) is 11.1. The van der Waals surface area contributed by atoms with Crippen LogP contribution in [0.15, 0.2) is 18.2 Å². The third-order valence-electron chi connectivity index (χ3n) is 3.31. The van der Waals surface area contributed by atoms with Crippen molar-refractivity contribution in [1.29, 1.82) is 0 Å². The molecule has 1 aliphatic heterocycles. The molecular formula is C14H20N2O2. The number of nitrogens with two attached hydrogens (primary N) is 1. The molecule has 1 aromatic carbocycles. The van der Waals surface area contributed by atoms with Gasteiger partial charge < -0.3 is 15.4 Å². The molecule has 1 heterocycles. The number of ether oxygens (including phenoxy) is 1. The molecule has 0 unspecified atom stereocenters. The number of anilines is 1. The first-order valence-corrected chi connectivity index (χ1v) is 6.29. The van der Waals surface area contributed by atoms with Crippen molar-refractivity contribution in [3.05, 3.63) is 29.3 Å². The van der Waals surface area contributed by atoms with E-state index >= 15 is 0 Å². The summed E-state index contributed by atoms with van der Waals surface area (Å²) in [5.41, 5.74) is 8.06. The molecule has 2 atom stereocenters. The molecule has 1 fully saturated rings. The Kier molecular flexibility index (Phi) is 3.57. The van der Waals surface area contributed by atoms with Gasteiger partial charge in [0.15, 0.2) is 0 Å². The highest BCUT2D eigenvalue weighted by Gasteiger charge is 2.27. The third-order valence-corrected chi connectivity index (χ3v) is 3.31. The Bertz CT molecular complexity index is 449. The summed E-state index contributed by atoms with van der Waals surface area (Å²) < 4.78 is 5.64. The molecule has 1 amide bonds. The van der Waals surface area contributed by atoms with Gasteiger partial charge in [-0.15, -0.1) is 0 Å². The maximum absolute atomic E-state index is 12.5. The van der Waals surface area contributed by atoms with Crippen molar-refractivity contribution >= 4 is 11.6 Å².